The first kappa shape index (κ1) is 11.0. The van der Waals surface area contributed by atoms with Crippen LogP contribution in [0.3, 0.4) is 0 Å². The van der Waals surface area contributed by atoms with Gasteiger partial charge in [-0.05, 0) is 41.0 Å². The van der Waals surface area contributed by atoms with Crippen LogP contribution in [-0.2, 0) is 0 Å². The maximum Gasteiger partial charge on any atom is 0.138 e. The molecule has 1 aliphatic heterocycles. The zero-order valence-electron chi connectivity index (χ0n) is 9.14. The van der Waals surface area contributed by atoms with Crippen LogP contribution in [0.15, 0.2) is 16.6 Å². The van der Waals surface area contributed by atoms with Gasteiger partial charge in [-0.25, -0.2) is 0 Å². The van der Waals surface area contributed by atoms with E-state index in [-0.39, 0.29) is 0 Å². The lowest BCUT2D eigenvalue weighted by Gasteiger charge is -2.27. The number of nitrogens with one attached hydrogen (secondary N) is 1. The lowest BCUT2D eigenvalue weighted by atomic mass is 9.98. The first-order chi connectivity index (χ1) is 7.22. The fraction of sp³-hybridized carbons (Fsp3) is 0.500. The van der Waals surface area contributed by atoms with Crippen molar-refractivity contribution in [3.05, 3.63) is 27.7 Å². The maximum absolute atomic E-state index is 5.70. The minimum absolute atomic E-state index is 0.440. The van der Waals surface area contributed by atoms with Crippen molar-refractivity contribution in [1.29, 1.82) is 0 Å². The topological polar surface area (TPSA) is 21.3 Å². The standard InChI is InChI=1S/C12H16BrNO/c1-3-14-11-4-5-15-12-9(11)6-8(2)7-10(12)13/h6-7,11,14H,3-5H2,1-2H3. The van der Waals surface area contributed by atoms with Gasteiger partial charge in [0.05, 0.1) is 11.1 Å². The predicted molar refractivity (Wildman–Crippen MR) is 65.4 cm³/mol. The number of fused-ring (bicyclic) bond motifs is 1. The molecule has 0 bridgehead atoms. The summed E-state index contributed by atoms with van der Waals surface area (Å²) in [7, 11) is 0. The van der Waals surface area contributed by atoms with Gasteiger partial charge in [-0.15, -0.1) is 0 Å². The molecule has 0 saturated carbocycles. The molecule has 1 aliphatic rings. The van der Waals surface area contributed by atoms with E-state index >= 15 is 0 Å². The van der Waals surface area contributed by atoms with E-state index in [0.717, 1.165) is 29.8 Å². The number of aryl methyl sites for hydroxylation is 1. The Morgan fingerprint density at radius 3 is 3.07 bits per heavy atom. The molecule has 82 valence electrons. The van der Waals surface area contributed by atoms with Crippen LogP contribution in [0, 0.1) is 6.92 Å². The largest absolute Gasteiger partial charge is 0.492 e. The second kappa shape index (κ2) is 4.54. The minimum atomic E-state index is 0.440. The summed E-state index contributed by atoms with van der Waals surface area (Å²) < 4.78 is 6.77. The molecular weight excluding hydrogens is 254 g/mol. The quantitative estimate of drug-likeness (QED) is 0.891. The average Bonchev–Trinajstić information content (AvgIpc) is 2.19. The van der Waals surface area contributed by atoms with E-state index in [0.29, 0.717) is 6.04 Å². The van der Waals surface area contributed by atoms with Crippen LogP contribution < -0.4 is 10.1 Å². The lowest BCUT2D eigenvalue weighted by molar-refractivity contribution is 0.252. The first-order valence-electron chi connectivity index (χ1n) is 5.38. The maximum atomic E-state index is 5.70. The van der Waals surface area contributed by atoms with Gasteiger partial charge in [0.25, 0.3) is 0 Å². The summed E-state index contributed by atoms with van der Waals surface area (Å²) >= 11 is 3.56. The van der Waals surface area contributed by atoms with Crippen LogP contribution in [-0.4, -0.2) is 13.2 Å². The summed E-state index contributed by atoms with van der Waals surface area (Å²) in [5.41, 5.74) is 2.56. The van der Waals surface area contributed by atoms with Gasteiger partial charge < -0.3 is 10.1 Å². The van der Waals surface area contributed by atoms with Crippen LogP contribution in [0.5, 0.6) is 5.75 Å². The lowest BCUT2D eigenvalue weighted by Crippen LogP contribution is -2.27. The summed E-state index contributed by atoms with van der Waals surface area (Å²) in [6.45, 7) is 6.05. The van der Waals surface area contributed by atoms with Crippen molar-refractivity contribution in [3.63, 3.8) is 0 Å². The minimum Gasteiger partial charge on any atom is -0.492 e. The fourth-order valence-electron chi connectivity index (χ4n) is 2.06. The van der Waals surface area contributed by atoms with Crippen molar-refractivity contribution >= 4 is 15.9 Å². The SMILES string of the molecule is CCNC1CCOc2c(Br)cc(C)cc21. The Hall–Kier alpha value is -0.540. The molecule has 0 radical (unpaired) electrons. The van der Waals surface area contributed by atoms with Crippen LogP contribution in [0.2, 0.25) is 0 Å². The van der Waals surface area contributed by atoms with Crippen LogP contribution in [0.4, 0.5) is 0 Å². The van der Waals surface area contributed by atoms with E-state index in [4.69, 9.17) is 4.74 Å². The number of benzene rings is 1. The number of ether oxygens (including phenoxy) is 1. The van der Waals surface area contributed by atoms with Gasteiger partial charge >= 0.3 is 0 Å². The van der Waals surface area contributed by atoms with E-state index in [1.54, 1.807) is 0 Å². The van der Waals surface area contributed by atoms with Crippen molar-refractivity contribution in [2.75, 3.05) is 13.2 Å². The third-order valence-corrected chi connectivity index (χ3v) is 3.28. The van der Waals surface area contributed by atoms with Crippen molar-refractivity contribution < 1.29 is 4.74 Å². The van der Waals surface area contributed by atoms with Gasteiger partial charge in [0.2, 0.25) is 0 Å². The molecule has 0 saturated heterocycles. The molecule has 2 nitrogen and oxygen atoms in total. The molecular formula is C12H16BrNO. The van der Waals surface area contributed by atoms with Gasteiger partial charge in [0.15, 0.2) is 0 Å². The first-order valence-corrected chi connectivity index (χ1v) is 6.18. The molecule has 0 aromatic heterocycles. The van der Waals surface area contributed by atoms with E-state index in [2.05, 4.69) is 47.2 Å². The van der Waals surface area contributed by atoms with Gasteiger partial charge in [0, 0.05) is 18.0 Å². The van der Waals surface area contributed by atoms with E-state index in [9.17, 15) is 0 Å². The molecule has 0 spiro atoms. The molecule has 1 aromatic carbocycles. The molecule has 1 unspecified atom stereocenters. The second-order valence-corrected chi connectivity index (χ2v) is 4.77. The molecule has 1 atom stereocenters. The van der Waals surface area contributed by atoms with Crippen molar-refractivity contribution in [3.8, 4) is 5.75 Å². The molecule has 1 N–H and O–H groups in total. The summed E-state index contributed by atoms with van der Waals surface area (Å²) in [6.07, 6.45) is 1.05. The molecule has 1 heterocycles. The Balaban J connectivity index is 2.41. The summed E-state index contributed by atoms with van der Waals surface area (Å²) in [6, 6.07) is 4.76. The van der Waals surface area contributed by atoms with Gasteiger partial charge in [0.1, 0.15) is 5.75 Å². The second-order valence-electron chi connectivity index (χ2n) is 3.91. The van der Waals surface area contributed by atoms with E-state index < -0.39 is 0 Å². The molecule has 0 aliphatic carbocycles. The highest BCUT2D eigenvalue weighted by molar-refractivity contribution is 9.10. The normalized spacial score (nSPS) is 19.5. The molecule has 2 rings (SSSR count). The number of hydrogen-bond donors (Lipinski definition) is 1. The number of hydrogen-bond acceptors (Lipinski definition) is 2. The summed E-state index contributed by atoms with van der Waals surface area (Å²) in [5.74, 6) is 1.01. The number of rotatable bonds is 2. The third kappa shape index (κ3) is 2.18. The Morgan fingerprint density at radius 1 is 1.53 bits per heavy atom. The highest BCUT2D eigenvalue weighted by atomic mass is 79.9. The Bertz CT molecular complexity index is 365. The Kier molecular flexibility index (Phi) is 3.32. The van der Waals surface area contributed by atoms with Crippen LogP contribution in [0.1, 0.15) is 30.5 Å². The average molecular weight is 270 g/mol. The van der Waals surface area contributed by atoms with Gasteiger partial charge in [-0.2, -0.15) is 0 Å². The highest BCUT2D eigenvalue weighted by Crippen LogP contribution is 2.38. The Morgan fingerprint density at radius 2 is 2.33 bits per heavy atom. The smallest absolute Gasteiger partial charge is 0.138 e. The van der Waals surface area contributed by atoms with E-state index in [1.165, 1.54) is 11.1 Å². The highest BCUT2D eigenvalue weighted by Gasteiger charge is 2.22. The third-order valence-electron chi connectivity index (χ3n) is 2.70. The van der Waals surface area contributed by atoms with E-state index in [1.807, 2.05) is 0 Å². The van der Waals surface area contributed by atoms with Gasteiger partial charge in [-0.3, -0.25) is 0 Å². The fourth-order valence-corrected chi connectivity index (χ4v) is 2.76. The van der Waals surface area contributed by atoms with Crippen molar-refractivity contribution in [1.82, 2.24) is 5.32 Å². The summed E-state index contributed by atoms with van der Waals surface area (Å²) in [5, 5.41) is 3.49. The molecule has 1 aromatic rings. The molecule has 3 heteroatoms. The van der Waals surface area contributed by atoms with Crippen LogP contribution in [0.25, 0.3) is 0 Å². The van der Waals surface area contributed by atoms with Crippen LogP contribution >= 0.6 is 15.9 Å². The van der Waals surface area contributed by atoms with Gasteiger partial charge in [-0.1, -0.05) is 13.0 Å². The van der Waals surface area contributed by atoms with Crippen molar-refractivity contribution in [2.45, 2.75) is 26.3 Å². The molecule has 0 fully saturated rings. The number of halogens is 1. The summed E-state index contributed by atoms with van der Waals surface area (Å²) in [4.78, 5) is 0. The predicted octanol–water partition coefficient (Wildman–Crippen LogP) is 3.19. The molecule has 15 heavy (non-hydrogen) atoms. The monoisotopic (exact) mass is 269 g/mol. The van der Waals surface area contributed by atoms with Crippen molar-refractivity contribution in [2.24, 2.45) is 0 Å². The Labute approximate surface area is 99.1 Å². The zero-order chi connectivity index (χ0) is 10.8. The molecule has 0 amide bonds. The zero-order valence-corrected chi connectivity index (χ0v) is 10.7.